The molecule has 4 heterocycles. The first-order chi connectivity index (χ1) is 18.9. The van der Waals surface area contributed by atoms with E-state index in [1.54, 1.807) is 29.5 Å². The van der Waals surface area contributed by atoms with Crippen LogP contribution in [0.15, 0.2) is 64.3 Å². The number of carbonyl (C=O) groups is 1. The standard InChI is InChI=1S/C29H27FN4O4S/c1-18-13-26-27-23(16-34(26)28(35)24(18)17-38-29(36)37)22(21-8-7-19(30)14-25(21)31-27)15-32-9-11-33(12-10-32)39-20-5-3-2-4-6-20/h2-8,13-14H,9-12,15-17H2,1H3,(H,36,37). The van der Waals surface area contributed by atoms with Gasteiger partial charge in [0.25, 0.3) is 5.56 Å². The van der Waals surface area contributed by atoms with Crippen LogP contribution in [0.4, 0.5) is 9.18 Å². The molecule has 0 radical (unpaired) electrons. The van der Waals surface area contributed by atoms with E-state index >= 15 is 0 Å². The van der Waals surface area contributed by atoms with Gasteiger partial charge in [0.05, 0.1) is 29.0 Å². The molecule has 200 valence electrons. The predicted octanol–water partition coefficient (Wildman–Crippen LogP) is 4.89. The second kappa shape index (κ2) is 10.4. The number of nitrogens with zero attached hydrogens (tertiary/aromatic N) is 4. The summed E-state index contributed by atoms with van der Waals surface area (Å²) in [7, 11) is 0. The molecule has 8 nitrogen and oxygen atoms in total. The molecule has 0 amide bonds. The third-order valence-corrected chi connectivity index (χ3v) is 8.49. The second-order valence-electron chi connectivity index (χ2n) is 9.83. The average Bonchev–Trinajstić information content (AvgIpc) is 3.28. The van der Waals surface area contributed by atoms with Crippen molar-refractivity contribution in [2.45, 2.75) is 31.5 Å². The molecule has 0 saturated carbocycles. The third-order valence-electron chi connectivity index (χ3n) is 7.38. The summed E-state index contributed by atoms with van der Waals surface area (Å²) < 4.78 is 23.0. The highest BCUT2D eigenvalue weighted by Gasteiger charge is 2.29. The molecule has 0 aliphatic carbocycles. The van der Waals surface area contributed by atoms with Crippen LogP contribution in [-0.4, -0.2) is 56.2 Å². The maximum atomic E-state index is 14.3. The number of pyridine rings is 2. The summed E-state index contributed by atoms with van der Waals surface area (Å²) in [6.07, 6.45) is -1.43. The van der Waals surface area contributed by atoms with Crippen molar-refractivity contribution in [3.05, 3.63) is 93.0 Å². The van der Waals surface area contributed by atoms with Crippen LogP contribution in [0.2, 0.25) is 0 Å². The van der Waals surface area contributed by atoms with E-state index in [-0.39, 0.29) is 18.0 Å². The Morgan fingerprint density at radius 1 is 1.08 bits per heavy atom. The number of hydrogen-bond acceptors (Lipinski definition) is 7. The lowest BCUT2D eigenvalue weighted by Gasteiger charge is -2.34. The first kappa shape index (κ1) is 25.5. The fourth-order valence-corrected chi connectivity index (χ4v) is 6.30. The lowest BCUT2D eigenvalue weighted by Crippen LogP contribution is -2.43. The number of carboxylic acid groups (broad SMARTS) is 1. The number of benzene rings is 2. The van der Waals surface area contributed by atoms with E-state index in [9.17, 15) is 14.0 Å². The smallest absolute Gasteiger partial charge is 0.450 e. The van der Waals surface area contributed by atoms with E-state index in [1.807, 2.05) is 24.3 Å². The lowest BCUT2D eigenvalue weighted by molar-refractivity contribution is 0.0848. The molecule has 1 saturated heterocycles. The Kier molecular flexibility index (Phi) is 6.84. The average molecular weight is 547 g/mol. The van der Waals surface area contributed by atoms with Crippen LogP contribution < -0.4 is 5.56 Å². The molecule has 6 rings (SSSR count). The van der Waals surface area contributed by atoms with Crippen molar-refractivity contribution in [2.24, 2.45) is 0 Å². The van der Waals surface area contributed by atoms with Gasteiger partial charge >= 0.3 is 6.16 Å². The second-order valence-corrected chi connectivity index (χ2v) is 11.0. The van der Waals surface area contributed by atoms with E-state index in [1.165, 1.54) is 17.0 Å². The predicted molar refractivity (Wildman–Crippen MR) is 147 cm³/mol. The molecule has 0 spiro atoms. The molecule has 2 aromatic carbocycles. The molecule has 10 heteroatoms. The van der Waals surface area contributed by atoms with E-state index in [2.05, 4.69) is 21.3 Å². The van der Waals surface area contributed by atoms with Gasteiger partial charge in [-0.2, -0.15) is 0 Å². The van der Waals surface area contributed by atoms with Gasteiger partial charge in [-0.15, -0.1) is 0 Å². The van der Waals surface area contributed by atoms with Crippen LogP contribution in [0.5, 0.6) is 0 Å². The van der Waals surface area contributed by atoms with Crippen molar-refractivity contribution in [3.63, 3.8) is 0 Å². The van der Waals surface area contributed by atoms with E-state index in [4.69, 9.17) is 14.8 Å². The van der Waals surface area contributed by atoms with Crippen molar-refractivity contribution in [2.75, 3.05) is 26.2 Å². The lowest BCUT2D eigenvalue weighted by atomic mass is 9.99. The van der Waals surface area contributed by atoms with E-state index in [0.29, 0.717) is 41.1 Å². The maximum absolute atomic E-state index is 14.3. The Hall–Kier alpha value is -3.73. The topological polar surface area (TPSA) is 87.9 Å². The van der Waals surface area contributed by atoms with Crippen molar-refractivity contribution >= 4 is 29.0 Å². The zero-order chi connectivity index (χ0) is 27.1. The highest BCUT2D eigenvalue weighted by molar-refractivity contribution is 7.97. The number of halogens is 1. The summed E-state index contributed by atoms with van der Waals surface area (Å²) in [6, 6.07) is 16.8. The number of ether oxygens (including phenoxy) is 1. The van der Waals surface area contributed by atoms with Crippen molar-refractivity contribution in [1.82, 2.24) is 18.8 Å². The minimum absolute atomic E-state index is 0.294. The zero-order valence-corrected chi connectivity index (χ0v) is 22.2. The van der Waals surface area contributed by atoms with Crippen LogP contribution >= 0.6 is 11.9 Å². The molecule has 39 heavy (non-hydrogen) atoms. The fourth-order valence-electron chi connectivity index (χ4n) is 5.37. The van der Waals surface area contributed by atoms with Crippen LogP contribution in [0, 0.1) is 12.7 Å². The molecule has 0 atom stereocenters. The first-order valence-electron chi connectivity index (χ1n) is 12.8. The Morgan fingerprint density at radius 3 is 2.59 bits per heavy atom. The van der Waals surface area contributed by atoms with Gasteiger partial charge in [-0.1, -0.05) is 18.2 Å². The van der Waals surface area contributed by atoms with Crippen LogP contribution in [0.1, 0.15) is 22.3 Å². The summed E-state index contributed by atoms with van der Waals surface area (Å²) in [4.78, 5) is 32.7. The summed E-state index contributed by atoms with van der Waals surface area (Å²) >= 11 is 1.77. The molecule has 0 bridgehead atoms. The summed E-state index contributed by atoms with van der Waals surface area (Å²) in [5.41, 5.74) is 4.52. The minimum atomic E-state index is -1.43. The van der Waals surface area contributed by atoms with Gasteiger partial charge in [0.1, 0.15) is 12.4 Å². The number of aryl methyl sites for hydroxylation is 1. The van der Waals surface area contributed by atoms with Gasteiger partial charge in [-0.25, -0.2) is 18.5 Å². The van der Waals surface area contributed by atoms with Crippen LogP contribution in [0.25, 0.3) is 22.3 Å². The molecule has 4 aromatic rings. The van der Waals surface area contributed by atoms with Gasteiger partial charge in [0, 0.05) is 54.6 Å². The highest BCUT2D eigenvalue weighted by Crippen LogP contribution is 2.37. The Labute approximate surface area is 228 Å². The SMILES string of the molecule is Cc1cc2n(c(=O)c1COC(=O)O)Cc1c-2nc2cc(F)ccc2c1CN1CCN(Sc2ccccc2)CC1. The third kappa shape index (κ3) is 5.03. The molecule has 0 unspecified atom stereocenters. The highest BCUT2D eigenvalue weighted by atomic mass is 32.2. The molecule has 2 aromatic heterocycles. The van der Waals surface area contributed by atoms with E-state index in [0.717, 1.165) is 42.7 Å². The molecular formula is C29H27FN4O4S. The largest absolute Gasteiger partial charge is 0.506 e. The summed E-state index contributed by atoms with van der Waals surface area (Å²) in [5, 5.41) is 9.80. The minimum Gasteiger partial charge on any atom is -0.450 e. The van der Waals surface area contributed by atoms with Crippen LogP contribution in [-0.2, 0) is 24.4 Å². The quantitative estimate of drug-likeness (QED) is 0.238. The molecule has 2 aliphatic rings. The summed E-state index contributed by atoms with van der Waals surface area (Å²) in [6.45, 7) is 6.00. The Balaban J connectivity index is 1.32. The van der Waals surface area contributed by atoms with Gasteiger partial charge < -0.3 is 14.4 Å². The number of aromatic nitrogens is 2. The fraction of sp³-hybridized carbons (Fsp3) is 0.276. The van der Waals surface area contributed by atoms with Gasteiger partial charge in [0.15, 0.2) is 0 Å². The van der Waals surface area contributed by atoms with Crippen molar-refractivity contribution < 1.29 is 19.0 Å². The molecule has 1 N–H and O–H groups in total. The number of hydrogen-bond donors (Lipinski definition) is 1. The zero-order valence-electron chi connectivity index (χ0n) is 21.4. The summed E-state index contributed by atoms with van der Waals surface area (Å²) in [5.74, 6) is -0.361. The van der Waals surface area contributed by atoms with Gasteiger partial charge in [-0.05, 0) is 60.3 Å². The number of fused-ring (bicyclic) bond motifs is 4. The maximum Gasteiger partial charge on any atom is 0.506 e. The molecule has 2 aliphatic heterocycles. The van der Waals surface area contributed by atoms with Gasteiger partial charge in [0.2, 0.25) is 0 Å². The first-order valence-corrected chi connectivity index (χ1v) is 13.6. The van der Waals surface area contributed by atoms with Crippen LogP contribution in [0.3, 0.4) is 0 Å². The van der Waals surface area contributed by atoms with Gasteiger partial charge in [-0.3, -0.25) is 9.69 Å². The molecule has 1 fully saturated rings. The Bertz CT molecular complexity index is 1630. The Morgan fingerprint density at radius 2 is 1.85 bits per heavy atom. The van der Waals surface area contributed by atoms with E-state index < -0.39 is 6.16 Å². The van der Waals surface area contributed by atoms with Crippen molar-refractivity contribution in [3.8, 4) is 11.4 Å². The van der Waals surface area contributed by atoms with Crippen molar-refractivity contribution in [1.29, 1.82) is 0 Å². The number of piperazine rings is 1. The number of rotatable bonds is 6. The molecular weight excluding hydrogens is 519 g/mol. The monoisotopic (exact) mass is 546 g/mol. The normalized spacial score (nSPS) is 15.3.